The molecule has 0 saturated carbocycles. The van der Waals surface area contributed by atoms with E-state index in [4.69, 9.17) is 21.3 Å². The average molecular weight is 605 g/mol. The van der Waals surface area contributed by atoms with Gasteiger partial charge in [0, 0.05) is 23.7 Å². The molecule has 1 saturated heterocycles. The number of carboxylic acid groups (broad SMARTS) is 1. The van der Waals surface area contributed by atoms with E-state index in [2.05, 4.69) is 11.4 Å². The number of Topliss-reactive ketones (excluding diaryl/α,β-unsaturated/α-hetero) is 1. The van der Waals surface area contributed by atoms with E-state index in [1.165, 1.54) is 17.0 Å². The number of urea groups is 1. The number of nitrogens with zero attached hydrogens (tertiary/aromatic N) is 3. The number of amides is 3. The lowest BCUT2D eigenvalue weighted by molar-refractivity contribution is -0.136. The van der Waals surface area contributed by atoms with Gasteiger partial charge < -0.3 is 20.1 Å². The first-order valence-corrected chi connectivity index (χ1v) is 14.4. The molecule has 2 aliphatic heterocycles. The largest absolute Gasteiger partial charge is 0.487 e. The highest BCUT2D eigenvalue weighted by molar-refractivity contribution is 6.30. The van der Waals surface area contributed by atoms with Gasteiger partial charge in [0.1, 0.15) is 36.2 Å². The van der Waals surface area contributed by atoms with Crippen LogP contribution in [-0.4, -0.2) is 75.7 Å². The standard InChI is InChI=1S/C32H33ClN4O6/c1-32(2,3)43-25-16-21(24(38)17-27(40)41)10-13-23(25)30-35-28(19-8-11-22(33)12-9-19)29(20-6-4-5-7-20)37(30)31(42)36-15-14-34-26(39)18-36/h4,6-13,16,28-29H,5,14-15,17-18H2,1-3H3,(H,34,39)(H,40,41). The highest BCUT2D eigenvalue weighted by atomic mass is 35.5. The summed E-state index contributed by atoms with van der Waals surface area (Å²) in [5.74, 6) is -1.46. The fourth-order valence-electron chi connectivity index (χ4n) is 5.38. The number of amidine groups is 1. The van der Waals surface area contributed by atoms with E-state index >= 15 is 0 Å². The molecule has 3 amide bonds. The number of nitrogens with one attached hydrogen (secondary N) is 1. The predicted molar refractivity (Wildman–Crippen MR) is 162 cm³/mol. The molecule has 2 aromatic carbocycles. The molecule has 43 heavy (non-hydrogen) atoms. The Bertz CT molecular complexity index is 1560. The number of allylic oxidation sites excluding steroid dienone is 2. The molecule has 5 rings (SSSR count). The van der Waals surface area contributed by atoms with Crippen molar-refractivity contribution in [2.75, 3.05) is 19.6 Å². The molecule has 2 atom stereocenters. The number of rotatable bonds is 7. The van der Waals surface area contributed by atoms with Gasteiger partial charge in [-0.05, 0) is 62.6 Å². The van der Waals surface area contributed by atoms with Crippen LogP contribution >= 0.6 is 11.6 Å². The van der Waals surface area contributed by atoms with Crippen molar-refractivity contribution in [1.82, 2.24) is 15.1 Å². The minimum Gasteiger partial charge on any atom is -0.487 e. The summed E-state index contributed by atoms with van der Waals surface area (Å²) in [6.07, 6.45) is 6.09. The molecule has 2 aromatic rings. The molecule has 0 bridgehead atoms. The van der Waals surface area contributed by atoms with Crippen molar-refractivity contribution in [2.45, 2.75) is 51.3 Å². The van der Waals surface area contributed by atoms with Gasteiger partial charge in [-0.1, -0.05) is 48.0 Å². The first-order valence-electron chi connectivity index (χ1n) is 14.0. The summed E-state index contributed by atoms with van der Waals surface area (Å²) in [6.45, 7) is 6.11. The number of hydrogen-bond donors (Lipinski definition) is 2. The smallest absolute Gasteiger partial charge is 0.326 e. The number of piperazine rings is 1. The highest BCUT2D eigenvalue weighted by Crippen LogP contribution is 2.41. The number of hydrogen-bond acceptors (Lipinski definition) is 6. The molecular weight excluding hydrogens is 572 g/mol. The first-order chi connectivity index (χ1) is 20.4. The average Bonchev–Trinajstić information content (AvgIpc) is 3.60. The number of carboxylic acids is 1. The van der Waals surface area contributed by atoms with E-state index in [1.807, 2.05) is 45.1 Å². The Hall–Kier alpha value is -4.44. The minimum absolute atomic E-state index is 0.0934. The van der Waals surface area contributed by atoms with E-state index in [0.717, 1.165) is 11.1 Å². The number of ether oxygens (including phenoxy) is 1. The van der Waals surface area contributed by atoms with Crippen molar-refractivity contribution in [1.29, 1.82) is 0 Å². The van der Waals surface area contributed by atoms with Gasteiger partial charge in [0.25, 0.3) is 0 Å². The molecule has 2 unspecified atom stereocenters. The summed E-state index contributed by atoms with van der Waals surface area (Å²) < 4.78 is 6.31. The molecule has 1 fully saturated rings. The Morgan fingerprint density at radius 2 is 1.88 bits per heavy atom. The number of halogens is 1. The van der Waals surface area contributed by atoms with E-state index in [-0.39, 0.29) is 29.8 Å². The van der Waals surface area contributed by atoms with Crippen molar-refractivity contribution in [3.05, 3.63) is 88.0 Å². The van der Waals surface area contributed by atoms with E-state index < -0.39 is 35.9 Å². The molecule has 0 radical (unpaired) electrons. The number of carbonyl (C=O) groups is 4. The van der Waals surface area contributed by atoms with Crippen LogP contribution < -0.4 is 10.1 Å². The fraction of sp³-hybridized carbons (Fsp3) is 0.344. The summed E-state index contributed by atoms with van der Waals surface area (Å²) in [5, 5.41) is 12.5. The Morgan fingerprint density at radius 1 is 1.14 bits per heavy atom. The van der Waals surface area contributed by atoms with Crippen molar-refractivity contribution in [3.63, 3.8) is 0 Å². The maximum Gasteiger partial charge on any atom is 0.326 e. The van der Waals surface area contributed by atoms with Crippen molar-refractivity contribution in [2.24, 2.45) is 4.99 Å². The van der Waals surface area contributed by atoms with Crippen LogP contribution in [0.3, 0.4) is 0 Å². The monoisotopic (exact) mass is 604 g/mol. The zero-order valence-corrected chi connectivity index (χ0v) is 24.9. The van der Waals surface area contributed by atoms with Crippen LogP contribution in [0.15, 0.2) is 71.3 Å². The third-order valence-corrected chi connectivity index (χ3v) is 7.46. The maximum absolute atomic E-state index is 14.4. The van der Waals surface area contributed by atoms with Gasteiger partial charge in [-0.3, -0.25) is 24.3 Å². The van der Waals surface area contributed by atoms with Gasteiger partial charge in [0.2, 0.25) is 5.91 Å². The number of aliphatic imine (C=N–C) groups is 1. The lowest BCUT2D eigenvalue weighted by Crippen LogP contribution is -2.56. The van der Waals surface area contributed by atoms with E-state index in [1.54, 1.807) is 23.1 Å². The normalized spacial score (nSPS) is 20.0. The second-order valence-electron chi connectivity index (χ2n) is 11.6. The SMILES string of the molecule is CC(C)(C)Oc1cc(C(=O)CC(=O)O)ccc1C1=NC(c2ccc(Cl)cc2)C(C2=CCC=C2)N1C(=O)N1CCNC(=O)C1. The quantitative estimate of drug-likeness (QED) is 0.346. The maximum atomic E-state index is 14.4. The third-order valence-electron chi connectivity index (χ3n) is 7.21. The number of benzene rings is 2. The van der Waals surface area contributed by atoms with Crippen LogP contribution in [-0.2, 0) is 9.59 Å². The molecule has 0 spiro atoms. The summed E-state index contributed by atoms with van der Waals surface area (Å²) in [7, 11) is 0. The Morgan fingerprint density at radius 3 is 2.51 bits per heavy atom. The van der Waals surface area contributed by atoms with Crippen molar-refractivity contribution in [3.8, 4) is 5.75 Å². The zero-order chi connectivity index (χ0) is 30.9. The lowest BCUT2D eigenvalue weighted by atomic mass is 9.94. The van der Waals surface area contributed by atoms with E-state index in [0.29, 0.717) is 35.9 Å². The van der Waals surface area contributed by atoms with Crippen LogP contribution in [0.1, 0.15) is 61.1 Å². The summed E-state index contributed by atoms with van der Waals surface area (Å²) in [4.78, 5) is 58.9. The van der Waals surface area contributed by atoms with Crippen molar-refractivity contribution < 1.29 is 29.0 Å². The third kappa shape index (κ3) is 6.64. The first kappa shape index (κ1) is 30.0. The van der Waals surface area contributed by atoms with Crippen LogP contribution in [0.25, 0.3) is 0 Å². The summed E-state index contributed by atoms with van der Waals surface area (Å²) >= 11 is 6.21. The number of carbonyl (C=O) groups excluding carboxylic acids is 3. The highest BCUT2D eigenvalue weighted by Gasteiger charge is 2.46. The molecule has 10 nitrogen and oxygen atoms in total. The second-order valence-corrected chi connectivity index (χ2v) is 12.0. The van der Waals surface area contributed by atoms with Gasteiger partial charge in [-0.25, -0.2) is 4.79 Å². The summed E-state index contributed by atoms with van der Waals surface area (Å²) in [6, 6.07) is 10.5. The molecule has 1 aliphatic carbocycles. The van der Waals surface area contributed by atoms with Gasteiger partial charge in [0.15, 0.2) is 5.78 Å². The van der Waals surface area contributed by atoms with Crippen LogP contribution in [0.4, 0.5) is 4.79 Å². The molecule has 2 heterocycles. The summed E-state index contributed by atoms with van der Waals surface area (Å²) in [5.41, 5.74) is 1.67. The molecule has 0 aromatic heterocycles. The van der Waals surface area contributed by atoms with E-state index in [9.17, 15) is 24.3 Å². The van der Waals surface area contributed by atoms with Crippen LogP contribution in [0.5, 0.6) is 5.75 Å². The van der Waals surface area contributed by atoms with Gasteiger partial charge >= 0.3 is 12.0 Å². The van der Waals surface area contributed by atoms with Crippen LogP contribution in [0, 0.1) is 0 Å². The predicted octanol–water partition coefficient (Wildman–Crippen LogP) is 4.78. The van der Waals surface area contributed by atoms with Gasteiger partial charge in [-0.2, -0.15) is 0 Å². The lowest BCUT2D eigenvalue weighted by Gasteiger charge is -2.36. The van der Waals surface area contributed by atoms with Gasteiger partial charge in [-0.15, -0.1) is 0 Å². The topological polar surface area (TPSA) is 129 Å². The Kier molecular flexibility index (Phi) is 8.41. The zero-order valence-electron chi connectivity index (χ0n) is 24.2. The molecule has 2 N–H and O–H groups in total. The fourth-order valence-corrected chi connectivity index (χ4v) is 5.50. The molecule has 11 heteroatoms. The minimum atomic E-state index is -1.23. The molecule has 3 aliphatic rings. The van der Waals surface area contributed by atoms with Crippen molar-refractivity contribution >= 4 is 41.1 Å². The Labute approximate surface area is 254 Å². The Balaban J connectivity index is 1.69. The van der Waals surface area contributed by atoms with Gasteiger partial charge in [0.05, 0.1) is 11.6 Å². The number of ketones is 1. The number of aliphatic carboxylic acids is 1. The second kappa shape index (κ2) is 12.0. The molecule has 224 valence electrons. The molecular formula is C32H33ClN4O6. The van der Waals surface area contributed by atoms with Crippen LogP contribution in [0.2, 0.25) is 5.02 Å².